The molecule has 3 heteroatoms. The van der Waals surface area contributed by atoms with Gasteiger partial charge in [-0.25, -0.2) is 0 Å². The van der Waals surface area contributed by atoms with Gasteiger partial charge in [0.2, 0.25) is 0 Å². The Labute approximate surface area is 106 Å². The number of carbonyl (C=O) groups excluding carboxylic acids is 1. The molecule has 1 saturated carbocycles. The molecular weight excluding hydrogens is 214 g/mol. The zero-order valence-corrected chi connectivity index (χ0v) is 11.6. The minimum atomic E-state index is -0.0702. The molecule has 0 spiro atoms. The molecule has 1 fully saturated rings. The summed E-state index contributed by atoms with van der Waals surface area (Å²) in [6, 6.07) is 0.586. The van der Waals surface area contributed by atoms with Crippen LogP contribution in [0.1, 0.15) is 52.9 Å². The lowest BCUT2D eigenvalue weighted by Crippen LogP contribution is -2.42. The Morgan fingerprint density at radius 3 is 2.71 bits per heavy atom. The second-order valence-corrected chi connectivity index (χ2v) is 5.20. The van der Waals surface area contributed by atoms with Crippen molar-refractivity contribution in [1.29, 1.82) is 0 Å². The number of esters is 1. The van der Waals surface area contributed by atoms with Crippen molar-refractivity contribution in [2.45, 2.75) is 58.9 Å². The van der Waals surface area contributed by atoms with Crippen molar-refractivity contribution in [3.8, 4) is 0 Å². The standard InChI is InChI=1S/C14H27NO2/c1-4-9-15(11-14(16)17-5-2)13-8-6-7-12(3)10-13/h12-13H,4-11H2,1-3H3. The molecule has 0 aromatic carbocycles. The van der Waals surface area contributed by atoms with Crippen LogP contribution in [0, 0.1) is 5.92 Å². The van der Waals surface area contributed by atoms with E-state index in [0.717, 1.165) is 18.9 Å². The van der Waals surface area contributed by atoms with Gasteiger partial charge in [0.25, 0.3) is 0 Å². The van der Waals surface area contributed by atoms with Crippen molar-refractivity contribution in [3.05, 3.63) is 0 Å². The molecule has 0 aromatic rings. The van der Waals surface area contributed by atoms with E-state index in [1.807, 2.05) is 6.92 Å². The van der Waals surface area contributed by atoms with Crippen LogP contribution in [0.4, 0.5) is 0 Å². The number of carbonyl (C=O) groups is 1. The van der Waals surface area contributed by atoms with Crippen LogP contribution in [-0.2, 0) is 9.53 Å². The second-order valence-electron chi connectivity index (χ2n) is 5.20. The van der Waals surface area contributed by atoms with E-state index in [1.165, 1.54) is 25.7 Å². The van der Waals surface area contributed by atoms with Crippen molar-refractivity contribution in [1.82, 2.24) is 4.90 Å². The lowest BCUT2D eigenvalue weighted by molar-refractivity contribution is -0.145. The largest absolute Gasteiger partial charge is 0.465 e. The molecule has 0 radical (unpaired) electrons. The van der Waals surface area contributed by atoms with Gasteiger partial charge in [0.15, 0.2) is 0 Å². The maximum atomic E-state index is 11.6. The summed E-state index contributed by atoms with van der Waals surface area (Å²) in [7, 11) is 0. The van der Waals surface area contributed by atoms with Crippen LogP contribution in [0.5, 0.6) is 0 Å². The Morgan fingerprint density at radius 1 is 1.35 bits per heavy atom. The highest BCUT2D eigenvalue weighted by atomic mass is 16.5. The van der Waals surface area contributed by atoms with Crippen LogP contribution in [-0.4, -0.2) is 36.6 Å². The summed E-state index contributed by atoms with van der Waals surface area (Å²) in [5.41, 5.74) is 0. The summed E-state index contributed by atoms with van der Waals surface area (Å²) in [5.74, 6) is 0.731. The average molecular weight is 241 g/mol. The van der Waals surface area contributed by atoms with Gasteiger partial charge < -0.3 is 4.74 Å². The Kier molecular flexibility index (Phi) is 6.56. The van der Waals surface area contributed by atoms with Crippen LogP contribution in [0.15, 0.2) is 0 Å². The lowest BCUT2D eigenvalue weighted by atomic mass is 9.86. The topological polar surface area (TPSA) is 29.5 Å². The zero-order chi connectivity index (χ0) is 12.7. The summed E-state index contributed by atoms with van der Waals surface area (Å²) < 4.78 is 5.06. The third-order valence-electron chi connectivity index (χ3n) is 3.57. The van der Waals surface area contributed by atoms with E-state index in [1.54, 1.807) is 0 Å². The molecule has 1 aliphatic carbocycles. The Bertz CT molecular complexity index is 230. The van der Waals surface area contributed by atoms with Gasteiger partial charge in [-0.05, 0) is 38.6 Å². The molecule has 2 unspecified atom stereocenters. The van der Waals surface area contributed by atoms with Gasteiger partial charge in [-0.3, -0.25) is 9.69 Å². The van der Waals surface area contributed by atoms with E-state index < -0.39 is 0 Å². The minimum Gasteiger partial charge on any atom is -0.465 e. The maximum absolute atomic E-state index is 11.6. The molecule has 3 nitrogen and oxygen atoms in total. The summed E-state index contributed by atoms with van der Waals surface area (Å²) in [4.78, 5) is 13.9. The highest BCUT2D eigenvalue weighted by Gasteiger charge is 2.25. The predicted molar refractivity (Wildman–Crippen MR) is 69.9 cm³/mol. The predicted octanol–water partition coefficient (Wildman–Crippen LogP) is 2.84. The Morgan fingerprint density at radius 2 is 2.12 bits per heavy atom. The normalized spacial score (nSPS) is 24.9. The molecule has 17 heavy (non-hydrogen) atoms. The van der Waals surface area contributed by atoms with E-state index in [-0.39, 0.29) is 5.97 Å². The third-order valence-corrected chi connectivity index (χ3v) is 3.57. The van der Waals surface area contributed by atoms with Crippen molar-refractivity contribution >= 4 is 5.97 Å². The lowest BCUT2D eigenvalue weighted by Gasteiger charge is -2.35. The van der Waals surface area contributed by atoms with Gasteiger partial charge in [-0.2, -0.15) is 0 Å². The molecule has 1 aliphatic rings. The van der Waals surface area contributed by atoms with Crippen LogP contribution >= 0.6 is 0 Å². The van der Waals surface area contributed by atoms with E-state index >= 15 is 0 Å². The highest BCUT2D eigenvalue weighted by Crippen LogP contribution is 2.27. The Hall–Kier alpha value is -0.570. The van der Waals surface area contributed by atoms with Gasteiger partial charge >= 0.3 is 5.97 Å². The van der Waals surface area contributed by atoms with Crippen LogP contribution in [0.3, 0.4) is 0 Å². The maximum Gasteiger partial charge on any atom is 0.320 e. The number of hydrogen-bond acceptors (Lipinski definition) is 3. The van der Waals surface area contributed by atoms with Gasteiger partial charge in [0.1, 0.15) is 0 Å². The van der Waals surface area contributed by atoms with Crippen LogP contribution < -0.4 is 0 Å². The van der Waals surface area contributed by atoms with E-state index in [0.29, 0.717) is 19.2 Å². The first-order valence-electron chi connectivity index (χ1n) is 7.07. The van der Waals surface area contributed by atoms with Crippen molar-refractivity contribution in [3.63, 3.8) is 0 Å². The van der Waals surface area contributed by atoms with Crippen LogP contribution in [0.25, 0.3) is 0 Å². The first kappa shape index (κ1) is 14.5. The Balaban J connectivity index is 2.48. The third kappa shape index (κ3) is 5.07. The number of ether oxygens (including phenoxy) is 1. The quantitative estimate of drug-likeness (QED) is 0.670. The summed E-state index contributed by atoms with van der Waals surface area (Å²) >= 11 is 0. The van der Waals surface area contributed by atoms with E-state index in [4.69, 9.17) is 4.74 Å². The van der Waals surface area contributed by atoms with Crippen molar-refractivity contribution < 1.29 is 9.53 Å². The second kappa shape index (κ2) is 7.70. The summed E-state index contributed by atoms with van der Waals surface area (Å²) in [6.45, 7) is 8.32. The average Bonchev–Trinajstić information content (AvgIpc) is 2.29. The first-order valence-corrected chi connectivity index (χ1v) is 7.07. The summed E-state index contributed by atoms with van der Waals surface area (Å²) in [5, 5.41) is 0. The van der Waals surface area contributed by atoms with Crippen molar-refractivity contribution in [2.75, 3.05) is 19.7 Å². The molecule has 100 valence electrons. The van der Waals surface area contributed by atoms with Gasteiger partial charge in [0.05, 0.1) is 13.2 Å². The molecule has 0 aliphatic heterocycles. The number of hydrogen-bond donors (Lipinski definition) is 0. The fourth-order valence-corrected chi connectivity index (χ4v) is 2.78. The molecule has 0 amide bonds. The van der Waals surface area contributed by atoms with Gasteiger partial charge in [-0.1, -0.05) is 26.7 Å². The molecule has 1 rings (SSSR count). The number of nitrogens with zero attached hydrogens (tertiary/aromatic N) is 1. The monoisotopic (exact) mass is 241 g/mol. The van der Waals surface area contributed by atoms with Crippen molar-refractivity contribution in [2.24, 2.45) is 5.92 Å². The highest BCUT2D eigenvalue weighted by molar-refractivity contribution is 5.71. The SMILES string of the molecule is CCCN(CC(=O)OCC)C1CCCC(C)C1. The fraction of sp³-hybridized carbons (Fsp3) is 0.929. The van der Waals surface area contributed by atoms with Crippen LogP contribution in [0.2, 0.25) is 0 Å². The molecule has 0 bridgehead atoms. The van der Waals surface area contributed by atoms with Gasteiger partial charge in [-0.15, -0.1) is 0 Å². The summed E-state index contributed by atoms with van der Waals surface area (Å²) in [6.07, 6.45) is 6.22. The molecule has 0 heterocycles. The number of rotatable bonds is 6. The van der Waals surface area contributed by atoms with Gasteiger partial charge in [0, 0.05) is 6.04 Å². The zero-order valence-electron chi connectivity index (χ0n) is 11.6. The molecule has 2 atom stereocenters. The molecule has 0 saturated heterocycles. The fourth-order valence-electron chi connectivity index (χ4n) is 2.78. The molecule has 0 aromatic heterocycles. The molecular formula is C14H27NO2. The van der Waals surface area contributed by atoms with E-state index in [9.17, 15) is 4.79 Å². The first-order chi connectivity index (χ1) is 8.17. The minimum absolute atomic E-state index is 0.0702. The smallest absolute Gasteiger partial charge is 0.320 e. The molecule has 0 N–H and O–H groups in total. The van der Waals surface area contributed by atoms with E-state index in [2.05, 4.69) is 18.7 Å².